The summed E-state index contributed by atoms with van der Waals surface area (Å²) in [6, 6.07) is 0. The number of carbonyl (C=O) groups excluding carboxylic acids is 1. The minimum absolute atomic E-state index is 0.154. The highest BCUT2D eigenvalue weighted by Crippen LogP contribution is 2.29. The number of rotatable bonds is 7. The fraction of sp³-hybridized carbons (Fsp3) is 0.917. The highest BCUT2D eigenvalue weighted by molar-refractivity contribution is 6.75. The van der Waals surface area contributed by atoms with E-state index in [0.717, 1.165) is 32.1 Å². The molecule has 102 valence electrons. The molecule has 1 atom stereocenters. The van der Waals surface area contributed by atoms with Gasteiger partial charge in [-0.15, -0.1) is 0 Å². The molecule has 0 spiro atoms. The van der Waals surface area contributed by atoms with Gasteiger partial charge in [-0.25, -0.2) is 4.79 Å². The van der Waals surface area contributed by atoms with E-state index in [0.29, 0.717) is 5.92 Å². The molecule has 5 heteroatoms. The molecule has 0 aliphatic heterocycles. The van der Waals surface area contributed by atoms with Crippen LogP contribution in [0.1, 0.15) is 52.9 Å². The van der Waals surface area contributed by atoms with Crippen molar-refractivity contribution in [1.82, 2.24) is 0 Å². The van der Waals surface area contributed by atoms with Crippen LogP contribution < -0.4 is 0 Å². The van der Waals surface area contributed by atoms with Crippen LogP contribution in [-0.2, 0) is 9.53 Å². The molecule has 2 nitrogen and oxygen atoms in total. The van der Waals surface area contributed by atoms with Crippen LogP contribution in [0.25, 0.3) is 0 Å². The number of hydrogen-bond donors (Lipinski definition) is 0. The van der Waals surface area contributed by atoms with E-state index in [1.807, 2.05) is 6.92 Å². The summed E-state index contributed by atoms with van der Waals surface area (Å²) in [5.41, 5.74) is 0. The molecule has 0 rings (SSSR count). The zero-order valence-electron chi connectivity index (χ0n) is 10.6. The number of hydrogen-bond acceptors (Lipinski definition) is 2. The third-order valence-electron chi connectivity index (χ3n) is 3.01. The number of carbonyl (C=O) groups is 1. The van der Waals surface area contributed by atoms with Gasteiger partial charge in [0.25, 0.3) is 3.79 Å². The molecule has 0 saturated heterocycles. The zero-order chi connectivity index (χ0) is 13.5. The summed E-state index contributed by atoms with van der Waals surface area (Å²) in [6.45, 7) is 6.30. The molecular formula is C12H21Cl3O2. The lowest BCUT2D eigenvalue weighted by Crippen LogP contribution is -2.27. The third-order valence-corrected chi connectivity index (χ3v) is 3.48. The standard InChI is InChI=1S/C12H21Cl3O2/c1-4-9(5-2)7-8-10(6-3)17-11(16)12(13,14)15/h9-10H,4-8H2,1-3H3. The first-order chi connectivity index (χ1) is 7.85. The fourth-order valence-corrected chi connectivity index (χ4v) is 1.82. The molecule has 17 heavy (non-hydrogen) atoms. The normalized spacial score (nSPS) is 13.8. The first kappa shape index (κ1) is 17.3. The summed E-state index contributed by atoms with van der Waals surface area (Å²) >= 11 is 16.4. The number of ether oxygens (including phenoxy) is 1. The van der Waals surface area contributed by atoms with Gasteiger partial charge in [0, 0.05) is 0 Å². The lowest BCUT2D eigenvalue weighted by Gasteiger charge is -2.21. The monoisotopic (exact) mass is 302 g/mol. The van der Waals surface area contributed by atoms with Gasteiger partial charge in [0.2, 0.25) is 0 Å². The lowest BCUT2D eigenvalue weighted by atomic mass is 9.95. The summed E-state index contributed by atoms with van der Waals surface area (Å²) < 4.78 is 3.20. The third kappa shape index (κ3) is 7.38. The zero-order valence-corrected chi connectivity index (χ0v) is 12.9. The SMILES string of the molecule is CCC(CC)CCC(CC)OC(=O)C(Cl)(Cl)Cl. The van der Waals surface area contributed by atoms with Crippen LogP contribution in [0.3, 0.4) is 0 Å². The quantitative estimate of drug-likeness (QED) is 0.494. The molecule has 0 radical (unpaired) electrons. The predicted octanol–water partition coefficient (Wildman–Crippen LogP) is 4.89. The van der Waals surface area contributed by atoms with Gasteiger partial charge in [-0.05, 0) is 25.2 Å². The first-order valence-electron chi connectivity index (χ1n) is 6.12. The average molecular weight is 304 g/mol. The van der Waals surface area contributed by atoms with Crippen LogP contribution in [0.5, 0.6) is 0 Å². The molecule has 1 unspecified atom stereocenters. The Morgan fingerprint density at radius 3 is 1.94 bits per heavy atom. The Morgan fingerprint density at radius 1 is 1.06 bits per heavy atom. The van der Waals surface area contributed by atoms with E-state index >= 15 is 0 Å². The van der Waals surface area contributed by atoms with E-state index in [4.69, 9.17) is 39.5 Å². The van der Waals surface area contributed by atoms with Crippen molar-refractivity contribution in [3.63, 3.8) is 0 Å². The van der Waals surface area contributed by atoms with Crippen molar-refractivity contribution in [3.8, 4) is 0 Å². The Morgan fingerprint density at radius 2 is 1.59 bits per heavy atom. The maximum Gasteiger partial charge on any atom is 0.358 e. The molecule has 0 saturated carbocycles. The van der Waals surface area contributed by atoms with Gasteiger partial charge in [0.05, 0.1) is 0 Å². The molecule has 0 aromatic heterocycles. The average Bonchev–Trinajstić information content (AvgIpc) is 2.27. The van der Waals surface area contributed by atoms with Gasteiger partial charge in [-0.2, -0.15) is 0 Å². The Labute approximate surface area is 119 Å². The lowest BCUT2D eigenvalue weighted by molar-refractivity contribution is -0.148. The summed E-state index contributed by atoms with van der Waals surface area (Å²) in [5.74, 6) is -0.102. The van der Waals surface area contributed by atoms with E-state index in [-0.39, 0.29) is 6.10 Å². The number of esters is 1. The van der Waals surface area contributed by atoms with E-state index in [9.17, 15) is 4.79 Å². The molecule has 0 aliphatic carbocycles. The summed E-state index contributed by atoms with van der Waals surface area (Å²) in [7, 11) is 0. The minimum Gasteiger partial charge on any atom is -0.459 e. The van der Waals surface area contributed by atoms with Crippen LogP contribution >= 0.6 is 34.8 Å². The highest BCUT2D eigenvalue weighted by atomic mass is 35.6. The van der Waals surface area contributed by atoms with Crippen molar-refractivity contribution >= 4 is 40.8 Å². The predicted molar refractivity (Wildman–Crippen MR) is 73.8 cm³/mol. The van der Waals surface area contributed by atoms with Crippen molar-refractivity contribution in [3.05, 3.63) is 0 Å². The topological polar surface area (TPSA) is 26.3 Å². The fourth-order valence-electron chi connectivity index (χ4n) is 1.68. The van der Waals surface area contributed by atoms with Crippen LogP contribution in [0, 0.1) is 5.92 Å². The van der Waals surface area contributed by atoms with E-state index in [1.54, 1.807) is 0 Å². The van der Waals surface area contributed by atoms with Crippen LogP contribution in [0.15, 0.2) is 0 Å². The molecular weight excluding hydrogens is 282 g/mol. The van der Waals surface area contributed by atoms with Gasteiger partial charge in [-0.1, -0.05) is 68.4 Å². The molecule has 0 aromatic rings. The molecule has 0 aliphatic rings. The van der Waals surface area contributed by atoms with Crippen molar-refractivity contribution < 1.29 is 9.53 Å². The molecule has 0 fully saturated rings. The second-order valence-corrected chi connectivity index (χ2v) is 6.47. The van der Waals surface area contributed by atoms with Crippen molar-refractivity contribution in [2.45, 2.75) is 62.8 Å². The highest BCUT2D eigenvalue weighted by Gasteiger charge is 2.34. The Hall–Kier alpha value is 0.340. The van der Waals surface area contributed by atoms with Crippen LogP contribution in [-0.4, -0.2) is 15.9 Å². The van der Waals surface area contributed by atoms with Crippen molar-refractivity contribution in [2.24, 2.45) is 5.92 Å². The molecule has 0 amide bonds. The van der Waals surface area contributed by atoms with Crippen LogP contribution in [0.2, 0.25) is 0 Å². The van der Waals surface area contributed by atoms with Crippen LogP contribution in [0.4, 0.5) is 0 Å². The number of alkyl halides is 3. The van der Waals surface area contributed by atoms with E-state index in [1.165, 1.54) is 0 Å². The van der Waals surface area contributed by atoms with Crippen molar-refractivity contribution in [1.29, 1.82) is 0 Å². The Kier molecular flexibility index (Phi) is 8.61. The molecule has 0 N–H and O–H groups in total. The van der Waals surface area contributed by atoms with Gasteiger partial charge in [0.15, 0.2) is 0 Å². The van der Waals surface area contributed by atoms with Crippen molar-refractivity contribution in [2.75, 3.05) is 0 Å². The van der Waals surface area contributed by atoms with Gasteiger partial charge >= 0.3 is 5.97 Å². The second kappa shape index (κ2) is 8.44. The second-order valence-electron chi connectivity index (χ2n) is 4.19. The molecule has 0 aromatic carbocycles. The summed E-state index contributed by atoms with van der Waals surface area (Å²) in [5, 5.41) is 0. The molecule has 0 heterocycles. The smallest absolute Gasteiger partial charge is 0.358 e. The maximum atomic E-state index is 11.4. The Balaban J connectivity index is 4.13. The number of halogens is 3. The van der Waals surface area contributed by atoms with Gasteiger partial charge in [-0.3, -0.25) is 0 Å². The molecule has 0 bridgehead atoms. The van der Waals surface area contributed by atoms with E-state index in [2.05, 4.69) is 13.8 Å². The van der Waals surface area contributed by atoms with Gasteiger partial charge < -0.3 is 4.74 Å². The Bertz CT molecular complexity index is 222. The summed E-state index contributed by atoms with van der Waals surface area (Å²) in [6.07, 6.45) is 4.75. The van der Waals surface area contributed by atoms with E-state index < -0.39 is 9.76 Å². The first-order valence-corrected chi connectivity index (χ1v) is 7.26. The maximum absolute atomic E-state index is 11.4. The minimum atomic E-state index is -1.97. The summed E-state index contributed by atoms with van der Waals surface area (Å²) in [4.78, 5) is 11.4. The van der Waals surface area contributed by atoms with Gasteiger partial charge in [0.1, 0.15) is 6.10 Å². The largest absolute Gasteiger partial charge is 0.459 e.